The third-order valence-corrected chi connectivity index (χ3v) is 5.30. The molecule has 2 amide bonds. The summed E-state index contributed by atoms with van der Waals surface area (Å²) in [6.07, 6.45) is 0.250. The number of primary amides is 1. The Labute approximate surface area is 191 Å². The van der Waals surface area contributed by atoms with Crippen LogP contribution in [0.4, 0.5) is 5.82 Å². The molecular weight excluding hydrogens is 424 g/mol. The predicted octanol–water partition coefficient (Wildman–Crippen LogP) is 2.32. The van der Waals surface area contributed by atoms with E-state index in [0.717, 1.165) is 28.2 Å². The molecule has 0 aliphatic carbocycles. The minimum atomic E-state index is -0.577. The molecule has 1 aromatic carbocycles. The van der Waals surface area contributed by atoms with Crippen LogP contribution in [0.25, 0.3) is 5.95 Å². The number of ether oxygens (including phenoxy) is 2. The molecule has 2 aromatic heterocycles. The second-order valence-electron chi connectivity index (χ2n) is 7.91. The second-order valence-corrected chi connectivity index (χ2v) is 7.91. The van der Waals surface area contributed by atoms with Gasteiger partial charge in [0.1, 0.15) is 5.82 Å². The molecule has 4 rings (SSSR count). The highest BCUT2D eigenvalue weighted by molar-refractivity contribution is 5.95. The number of hydrogen-bond acceptors (Lipinski definition) is 7. The van der Waals surface area contributed by atoms with Gasteiger partial charge in [-0.2, -0.15) is 9.78 Å². The maximum atomic E-state index is 12.7. The number of aryl methyl sites for hydroxylation is 3. The van der Waals surface area contributed by atoms with E-state index in [9.17, 15) is 9.59 Å². The van der Waals surface area contributed by atoms with Gasteiger partial charge in [-0.1, -0.05) is 6.07 Å². The molecule has 0 radical (unpaired) electrons. The monoisotopic (exact) mass is 450 g/mol. The van der Waals surface area contributed by atoms with Crippen LogP contribution < -0.4 is 20.5 Å². The summed E-state index contributed by atoms with van der Waals surface area (Å²) in [6, 6.07) is 7.29. The van der Waals surface area contributed by atoms with Crippen LogP contribution in [0.2, 0.25) is 0 Å². The van der Waals surface area contributed by atoms with Gasteiger partial charge in [0.05, 0.1) is 12.3 Å². The molecule has 10 heteroatoms. The van der Waals surface area contributed by atoms with Gasteiger partial charge < -0.3 is 20.5 Å². The number of nitrogens with one attached hydrogen (secondary N) is 1. The maximum Gasteiger partial charge on any atom is 0.255 e. The van der Waals surface area contributed by atoms with Crippen LogP contribution in [0, 0.1) is 20.8 Å². The highest BCUT2D eigenvalue weighted by atomic mass is 16.5. The molecule has 0 saturated heterocycles. The molecule has 33 heavy (non-hydrogen) atoms. The zero-order valence-electron chi connectivity index (χ0n) is 19.0. The van der Waals surface area contributed by atoms with E-state index >= 15 is 0 Å². The maximum absolute atomic E-state index is 12.7. The van der Waals surface area contributed by atoms with E-state index in [1.807, 2.05) is 45.9 Å². The van der Waals surface area contributed by atoms with Crippen LogP contribution in [0.5, 0.6) is 11.5 Å². The van der Waals surface area contributed by atoms with E-state index < -0.39 is 5.91 Å². The minimum absolute atomic E-state index is 0.134. The van der Waals surface area contributed by atoms with Crippen molar-refractivity contribution >= 4 is 17.6 Å². The van der Waals surface area contributed by atoms with E-state index in [1.54, 1.807) is 10.7 Å². The SMILES string of the molecule is CCOc1cc([C@H]2CC(=O)Nc3c2c(C)nn3-c2nc(C)cc(C)n2)ccc1OCC(N)=O. The Bertz CT molecular complexity index is 1220. The minimum Gasteiger partial charge on any atom is -0.490 e. The van der Waals surface area contributed by atoms with Gasteiger partial charge >= 0.3 is 0 Å². The van der Waals surface area contributed by atoms with Crippen LogP contribution in [0.15, 0.2) is 24.3 Å². The van der Waals surface area contributed by atoms with Crippen LogP contribution in [0.3, 0.4) is 0 Å². The molecule has 0 spiro atoms. The van der Waals surface area contributed by atoms with E-state index in [4.69, 9.17) is 15.2 Å². The normalized spacial score (nSPS) is 15.0. The van der Waals surface area contributed by atoms with Crippen LogP contribution in [0.1, 0.15) is 47.5 Å². The van der Waals surface area contributed by atoms with Gasteiger partial charge in [0.15, 0.2) is 18.1 Å². The van der Waals surface area contributed by atoms with Crippen molar-refractivity contribution in [2.75, 3.05) is 18.5 Å². The lowest BCUT2D eigenvalue weighted by molar-refractivity contribution is -0.120. The smallest absolute Gasteiger partial charge is 0.255 e. The highest BCUT2D eigenvalue weighted by Crippen LogP contribution is 2.42. The second kappa shape index (κ2) is 8.89. The Balaban J connectivity index is 1.78. The van der Waals surface area contributed by atoms with Crippen molar-refractivity contribution in [3.63, 3.8) is 0 Å². The Morgan fingerprint density at radius 2 is 1.88 bits per heavy atom. The van der Waals surface area contributed by atoms with Crippen molar-refractivity contribution in [2.24, 2.45) is 5.73 Å². The summed E-state index contributed by atoms with van der Waals surface area (Å²) in [4.78, 5) is 32.8. The largest absolute Gasteiger partial charge is 0.490 e. The van der Waals surface area contributed by atoms with E-state index in [0.29, 0.717) is 29.9 Å². The molecule has 172 valence electrons. The van der Waals surface area contributed by atoms with Crippen molar-refractivity contribution < 1.29 is 19.1 Å². The fourth-order valence-corrected chi connectivity index (χ4v) is 4.06. The van der Waals surface area contributed by atoms with E-state index in [-0.39, 0.29) is 24.9 Å². The van der Waals surface area contributed by atoms with Crippen molar-refractivity contribution in [1.29, 1.82) is 0 Å². The first-order valence-electron chi connectivity index (χ1n) is 10.7. The summed E-state index contributed by atoms with van der Waals surface area (Å²) >= 11 is 0. The lowest BCUT2D eigenvalue weighted by Gasteiger charge is -2.25. The molecule has 3 heterocycles. The summed E-state index contributed by atoms with van der Waals surface area (Å²) in [5, 5.41) is 7.59. The van der Waals surface area contributed by atoms with Crippen molar-refractivity contribution in [1.82, 2.24) is 19.7 Å². The Morgan fingerprint density at radius 3 is 2.55 bits per heavy atom. The summed E-state index contributed by atoms with van der Waals surface area (Å²) < 4.78 is 12.8. The van der Waals surface area contributed by atoms with Gasteiger partial charge in [-0.25, -0.2) is 9.97 Å². The summed E-state index contributed by atoms with van der Waals surface area (Å²) in [5.41, 5.74) is 9.35. The first-order chi connectivity index (χ1) is 15.8. The molecule has 1 aliphatic rings. The third kappa shape index (κ3) is 4.50. The fourth-order valence-electron chi connectivity index (χ4n) is 4.06. The van der Waals surface area contributed by atoms with E-state index in [2.05, 4.69) is 20.4 Å². The van der Waals surface area contributed by atoms with Gasteiger partial charge in [-0.3, -0.25) is 9.59 Å². The number of anilines is 1. The van der Waals surface area contributed by atoms with Gasteiger partial charge in [-0.15, -0.1) is 0 Å². The van der Waals surface area contributed by atoms with Crippen LogP contribution in [-0.4, -0.2) is 44.8 Å². The number of amides is 2. The standard InChI is InChI=1S/C23H26N6O4/c1-5-32-18-9-15(6-7-17(18)33-11-19(24)30)16-10-20(31)27-22-21(16)14(4)28-29(22)23-25-12(2)8-13(3)26-23/h6-9,16H,5,10-11H2,1-4H3,(H2,24,30)(H,27,31)/t16-/m1/s1. The number of benzene rings is 1. The molecule has 0 unspecified atom stereocenters. The average Bonchev–Trinajstić information content (AvgIpc) is 3.08. The van der Waals surface area contributed by atoms with Gasteiger partial charge in [-0.05, 0) is 51.5 Å². The van der Waals surface area contributed by atoms with Gasteiger partial charge in [0, 0.05) is 29.3 Å². The van der Waals surface area contributed by atoms with Crippen LogP contribution in [-0.2, 0) is 9.59 Å². The molecule has 1 aliphatic heterocycles. The fraction of sp³-hybridized carbons (Fsp3) is 0.348. The highest BCUT2D eigenvalue weighted by Gasteiger charge is 2.33. The Hall–Kier alpha value is -3.95. The number of fused-ring (bicyclic) bond motifs is 1. The van der Waals surface area contributed by atoms with Gasteiger partial charge in [0.2, 0.25) is 5.91 Å². The topological polar surface area (TPSA) is 134 Å². The summed E-state index contributed by atoms with van der Waals surface area (Å²) in [6.45, 7) is 7.69. The predicted molar refractivity (Wildman–Crippen MR) is 121 cm³/mol. The molecule has 0 bridgehead atoms. The van der Waals surface area contributed by atoms with Crippen LogP contribution >= 0.6 is 0 Å². The number of carbonyl (C=O) groups excluding carboxylic acids is 2. The van der Waals surface area contributed by atoms with Crippen molar-refractivity contribution in [3.05, 3.63) is 52.5 Å². The molecular formula is C23H26N6O4. The lowest BCUT2D eigenvalue weighted by Crippen LogP contribution is -2.25. The molecule has 0 fully saturated rings. The number of nitrogens with zero attached hydrogens (tertiary/aromatic N) is 4. The molecule has 0 saturated carbocycles. The number of nitrogens with two attached hydrogens (primary N) is 1. The zero-order chi connectivity index (χ0) is 23.7. The van der Waals surface area contributed by atoms with E-state index in [1.165, 1.54) is 0 Å². The number of carbonyl (C=O) groups is 2. The molecule has 3 N–H and O–H groups in total. The molecule has 3 aromatic rings. The lowest BCUT2D eigenvalue weighted by atomic mass is 9.85. The first kappa shape index (κ1) is 22.3. The molecule has 1 atom stereocenters. The summed E-state index contributed by atoms with van der Waals surface area (Å²) in [7, 11) is 0. The first-order valence-corrected chi connectivity index (χ1v) is 10.7. The Morgan fingerprint density at radius 1 is 1.15 bits per heavy atom. The average molecular weight is 450 g/mol. The Kier molecular flexibility index (Phi) is 5.99. The molecule has 10 nitrogen and oxygen atoms in total. The number of rotatable bonds is 7. The number of hydrogen-bond donors (Lipinski definition) is 2. The third-order valence-electron chi connectivity index (χ3n) is 5.30. The number of aromatic nitrogens is 4. The van der Waals surface area contributed by atoms with Gasteiger partial charge in [0.25, 0.3) is 11.9 Å². The quantitative estimate of drug-likeness (QED) is 0.564. The van der Waals surface area contributed by atoms with Crippen molar-refractivity contribution in [3.8, 4) is 17.4 Å². The van der Waals surface area contributed by atoms with Crippen molar-refractivity contribution in [2.45, 2.75) is 40.0 Å². The summed E-state index contributed by atoms with van der Waals surface area (Å²) in [5.74, 6) is 0.894. The zero-order valence-corrected chi connectivity index (χ0v) is 19.0.